The van der Waals surface area contributed by atoms with Gasteiger partial charge in [-0.05, 0) is 43.2 Å². The summed E-state index contributed by atoms with van der Waals surface area (Å²) in [5, 5.41) is 5.89. The van der Waals surface area contributed by atoms with Gasteiger partial charge in [-0.25, -0.2) is 4.79 Å². The third-order valence-electron chi connectivity index (χ3n) is 3.72. The average Bonchev–Trinajstić information content (AvgIpc) is 2.94. The zero-order valence-corrected chi connectivity index (χ0v) is 14.6. The van der Waals surface area contributed by atoms with Gasteiger partial charge in [-0.15, -0.1) is 11.3 Å². The van der Waals surface area contributed by atoms with Crippen LogP contribution in [0.5, 0.6) is 5.75 Å². The number of thiophene rings is 1. The van der Waals surface area contributed by atoms with Gasteiger partial charge in [-0.1, -0.05) is 0 Å². The Kier molecular flexibility index (Phi) is 5.20. The van der Waals surface area contributed by atoms with Crippen molar-refractivity contribution in [3.05, 3.63) is 40.3 Å². The van der Waals surface area contributed by atoms with Crippen molar-refractivity contribution < 1.29 is 19.1 Å². The van der Waals surface area contributed by atoms with E-state index in [0.717, 1.165) is 16.2 Å². The van der Waals surface area contributed by atoms with E-state index in [1.165, 1.54) is 11.3 Å². The highest BCUT2D eigenvalue weighted by atomic mass is 32.1. The van der Waals surface area contributed by atoms with Crippen LogP contribution in [-0.4, -0.2) is 25.2 Å². The molecule has 2 heterocycles. The van der Waals surface area contributed by atoms with Crippen LogP contribution in [0.25, 0.3) is 0 Å². The summed E-state index contributed by atoms with van der Waals surface area (Å²) >= 11 is 1.32. The van der Waals surface area contributed by atoms with Crippen molar-refractivity contribution in [2.75, 3.05) is 23.8 Å². The van der Waals surface area contributed by atoms with Crippen molar-refractivity contribution in [1.82, 2.24) is 0 Å². The number of primary amides is 1. The van der Waals surface area contributed by atoms with Crippen molar-refractivity contribution in [1.29, 1.82) is 0 Å². The molecule has 0 bridgehead atoms. The molecule has 3 amide bonds. The highest BCUT2D eigenvalue weighted by Gasteiger charge is 2.25. The lowest BCUT2D eigenvalue weighted by Gasteiger charge is -2.12. The van der Waals surface area contributed by atoms with Gasteiger partial charge >= 0.3 is 6.03 Å². The van der Waals surface area contributed by atoms with E-state index in [0.29, 0.717) is 42.5 Å². The van der Waals surface area contributed by atoms with E-state index in [9.17, 15) is 9.59 Å². The second kappa shape index (κ2) is 7.54. The lowest BCUT2D eigenvalue weighted by Crippen LogP contribution is -2.22. The molecule has 0 fully saturated rings. The molecule has 8 heteroatoms. The molecule has 1 aromatic heterocycles. The van der Waals surface area contributed by atoms with Crippen molar-refractivity contribution in [3.63, 3.8) is 0 Å². The predicted octanol–water partition coefficient (Wildman–Crippen LogP) is 2.96. The minimum Gasteiger partial charge on any atom is -0.494 e. The van der Waals surface area contributed by atoms with Crippen LogP contribution in [0, 0.1) is 0 Å². The number of rotatable bonds is 5. The van der Waals surface area contributed by atoms with E-state index in [1.807, 2.05) is 6.92 Å². The molecule has 0 aliphatic carbocycles. The van der Waals surface area contributed by atoms with Gasteiger partial charge in [0, 0.05) is 10.6 Å². The standard InChI is InChI=1S/C17H19N3O4S/c1-2-24-11-5-3-10(4-6-11)19-17(22)20-16-14(15(18)21)12-7-8-23-9-13(12)25-16/h3-6H,2,7-9H2,1H3,(H2,18,21)(H2,19,20,22). The molecule has 7 nitrogen and oxygen atoms in total. The van der Waals surface area contributed by atoms with Gasteiger partial charge in [-0.2, -0.15) is 0 Å². The van der Waals surface area contributed by atoms with Crippen LogP contribution in [0.15, 0.2) is 24.3 Å². The van der Waals surface area contributed by atoms with Gasteiger partial charge in [0.15, 0.2) is 0 Å². The lowest BCUT2D eigenvalue weighted by atomic mass is 10.1. The Balaban J connectivity index is 1.72. The van der Waals surface area contributed by atoms with E-state index >= 15 is 0 Å². The first-order chi connectivity index (χ1) is 12.1. The van der Waals surface area contributed by atoms with Crippen LogP contribution in [0.1, 0.15) is 27.7 Å². The number of hydrogen-bond donors (Lipinski definition) is 3. The summed E-state index contributed by atoms with van der Waals surface area (Å²) in [6, 6.07) is 6.59. The van der Waals surface area contributed by atoms with Gasteiger partial charge in [-0.3, -0.25) is 10.1 Å². The molecular formula is C17H19N3O4S. The zero-order valence-electron chi connectivity index (χ0n) is 13.8. The highest BCUT2D eigenvalue weighted by molar-refractivity contribution is 7.17. The first-order valence-electron chi connectivity index (χ1n) is 7.91. The number of ether oxygens (including phenoxy) is 2. The molecule has 1 aliphatic rings. The van der Waals surface area contributed by atoms with Crippen LogP contribution in [-0.2, 0) is 17.8 Å². The Morgan fingerprint density at radius 1 is 1.28 bits per heavy atom. The molecule has 4 N–H and O–H groups in total. The molecule has 0 saturated carbocycles. The summed E-state index contributed by atoms with van der Waals surface area (Å²) in [7, 11) is 0. The molecule has 0 atom stereocenters. The second-order valence-electron chi connectivity index (χ2n) is 5.41. The molecular weight excluding hydrogens is 342 g/mol. The van der Waals surface area contributed by atoms with Crippen molar-refractivity contribution in [3.8, 4) is 5.75 Å². The summed E-state index contributed by atoms with van der Waals surface area (Å²) < 4.78 is 10.8. The summed E-state index contributed by atoms with van der Waals surface area (Å²) in [5.74, 6) is 0.186. The molecule has 0 unspecified atom stereocenters. The smallest absolute Gasteiger partial charge is 0.324 e. The molecule has 2 aromatic rings. The Labute approximate surface area is 149 Å². The normalized spacial score (nSPS) is 13.0. The first-order valence-corrected chi connectivity index (χ1v) is 8.73. The monoisotopic (exact) mass is 361 g/mol. The van der Waals surface area contributed by atoms with E-state index in [4.69, 9.17) is 15.2 Å². The third kappa shape index (κ3) is 3.92. The van der Waals surface area contributed by atoms with Gasteiger partial charge in [0.25, 0.3) is 5.91 Å². The van der Waals surface area contributed by atoms with Crippen molar-refractivity contribution >= 4 is 34.0 Å². The van der Waals surface area contributed by atoms with Crippen LogP contribution in [0.2, 0.25) is 0 Å². The van der Waals surface area contributed by atoms with E-state index in [-0.39, 0.29) is 0 Å². The maximum Gasteiger partial charge on any atom is 0.324 e. The summed E-state index contributed by atoms with van der Waals surface area (Å²) in [4.78, 5) is 25.0. The zero-order chi connectivity index (χ0) is 17.8. The van der Waals surface area contributed by atoms with Crippen LogP contribution in [0.3, 0.4) is 0 Å². The van der Waals surface area contributed by atoms with Crippen LogP contribution < -0.4 is 21.1 Å². The van der Waals surface area contributed by atoms with Crippen molar-refractivity contribution in [2.24, 2.45) is 5.73 Å². The Hall–Kier alpha value is -2.58. The maximum atomic E-state index is 12.2. The van der Waals surface area contributed by atoms with Crippen LogP contribution >= 0.6 is 11.3 Å². The fraction of sp³-hybridized carbons (Fsp3) is 0.294. The van der Waals surface area contributed by atoms with E-state index < -0.39 is 11.9 Å². The molecule has 3 rings (SSSR count). The van der Waals surface area contributed by atoms with Gasteiger partial charge in [0.1, 0.15) is 10.8 Å². The maximum absolute atomic E-state index is 12.2. The molecule has 132 valence electrons. The Morgan fingerprint density at radius 3 is 2.72 bits per heavy atom. The molecule has 0 radical (unpaired) electrons. The first kappa shape index (κ1) is 17.2. The Bertz CT molecular complexity index is 786. The lowest BCUT2D eigenvalue weighted by molar-refractivity contribution is 0.0991. The topological polar surface area (TPSA) is 103 Å². The number of carbonyl (C=O) groups is 2. The van der Waals surface area contributed by atoms with Crippen molar-refractivity contribution in [2.45, 2.75) is 20.0 Å². The SMILES string of the molecule is CCOc1ccc(NC(=O)Nc2sc3c(c2C(N)=O)CCOC3)cc1. The fourth-order valence-electron chi connectivity index (χ4n) is 2.65. The molecule has 0 spiro atoms. The Morgan fingerprint density at radius 2 is 2.04 bits per heavy atom. The number of amides is 3. The van der Waals surface area contributed by atoms with Gasteiger partial charge < -0.3 is 20.5 Å². The minimum atomic E-state index is -0.546. The summed E-state index contributed by atoms with van der Waals surface area (Å²) in [6.45, 7) is 3.46. The molecule has 1 aliphatic heterocycles. The minimum absolute atomic E-state index is 0.380. The fourth-order valence-corrected chi connectivity index (χ4v) is 3.83. The largest absolute Gasteiger partial charge is 0.494 e. The summed E-state index contributed by atoms with van der Waals surface area (Å²) in [5.41, 5.74) is 7.37. The average molecular weight is 361 g/mol. The number of nitrogens with two attached hydrogens (primary N) is 1. The third-order valence-corrected chi connectivity index (χ3v) is 4.84. The van der Waals surface area contributed by atoms with Gasteiger partial charge in [0.2, 0.25) is 0 Å². The number of nitrogens with one attached hydrogen (secondary N) is 2. The predicted molar refractivity (Wildman–Crippen MR) is 96.4 cm³/mol. The summed E-state index contributed by atoms with van der Waals surface area (Å²) in [6.07, 6.45) is 0.617. The molecule has 25 heavy (non-hydrogen) atoms. The number of urea groups is 1. The highest BCUT2D eigenvalue weighted by Crippen LogP contribution is 2.36. The number of anilines is 2. The second-order valence-corrected chi connectivity index (χ2v) is 6.52. The molecule has 1 aromatic carbocycles. The number of benzene rings is 1. The van der Waals surface area contributed by atoms with E-state index in [1.54, 1.807) is 24.3 Å². The van der Waals surface area contributed by atoms with Crippen LogP contribution in [0.4, 0.5) is 15.5 Å². The number of fused-ring (bicyclic) bond motifs is 1. The van der Waals surface area contributed by atoms with Gasteiger partial charge in [0.05, 0.1) is 25.4 Å². The quantitative estimate of drug-likeness (QED) is 0.762. The molecule has 0 saturated heterocycles. The number of carbonyl (C=O) groups excluding carboxylic acids is 2. The van der Waals surface area contributed by atoms with E-state index in [2.05, 4.69) is 10.6 Å². The number of hydrogen-bond acceptors (Lipinski definition) is 5.